The van der Waals surface area contributed by atoms with Crippen LogP contribution in [0.3, 0.4) is 0 Å². The fraction of sp³-hybridized carbons (Fsp3) is 0.364. The van der Waals surface area contributed by atoms with Gasteiger partial charge in [0, 0.05) is 12.1 Å². The third kappa shape index (κ3) is 5.84. The van der Waals surface area contributed by atoms with Crippen molar-refractivity contribution in [2.75, 3.05) is 11.9 Å². The Morgan fingerprint density at radius 3 is 2.37 bits per heavy atom. The van der Waals surface area contributed by atoms with Crippen LogP contribution in [0.4, 0.5) is 5.69 Å². The number of anilines is 1. The molecule has 0 unspecified atom stereocenters. The Morgan fingerprint density at radius 1 is 1.04 bits per heavy atom. The van der Waals surface area contributed by atoms with Gasteiger partial charge in [-0.3, -0.25) is 9.59 Å². The van der Waals surface area contributed by atoms with Crippen molar-refractivity contribution >= 4 is 17.6 Å². The van der Waals surface area contributed by atoms with Gasteiger partial charge in [0.2, 0.25) is 0 Å². The lowest BCUT2D eigenvalue weighted by atomic mass is 10.1. The van der Waals surface area contributed by atoms with Gasteiger partial charge in [-0.25, -0.2) is 0 Å². The van der Waals surface area contributed by atoms with Gasteiger partial charge in [-0.1, -0.05) is 36.4 Å². The maximum absolute atomic E-state index is 12.4. The van der Waals surface area contributed by atoms with Crippen LogP contribution in [-0.4, -0.2) is 24.6 Å². The predicted molar refractivity (Wildman–Crippen MR) is 106 cm³/mol. The van der Waals surface area contributed by atoms with E-state index < -0.39 is 12.1 Å². The van der Waals surface area contributed by atoms with Gasteiger partial charge in [-0.2, -0.15) is 0 Å². The minimum atomic E-state index is -0.862. The van der Waals surface area contributed by atoms with Gasteiger partial charge in [0.25, 0.3) is 5.91 Å². The smallest absolute Gasteiger partial charge is 0.306 e. The Hall–Kier alpha value is -2.82. The van der Waals surface area contributed by atoms with E-state index in [1.54, 1.807) is 6.92 Å². The summed E-state index contributed by atoms with van der Waals surface area (Å²) < 4.78 is 10.9. The van der Waals surface area contributed by atoms with Crippen molar-refractivity contribution in [3.8, 4) is 5.75 Å². The summed E-state index contributed by atoms with van der Waals surface area (Å²) >= 11 is 0. The van der Waals surface area contributed by atoms with Crippen molar-refractivity contribution in [1.82, 2.24) is 0 Å². The Kier molecular flexibility index (Phi) is 7.41. The zero-order valence-corrected chi connectivity index (χ0v) is 16.4. The van der Waals surface area contributed by atoms with Crippen LogP contribution < -0.4 is 10.1 Å². The zero-order valence-electron chi connectivity index (χ0n) is 16.4. The first-order chi connectivity index (χ1) is 12.9. The molecule has 5 nitrogen and oxygen atoms in total. The van der Waals surface area contributed by atoms with Crippen molar-refractivity contribution in [3.05, 3.63) is 59.2 Å². The molecule has 0 spiro atoms. The second-order valence-corrected chi connectivity index (χ2v) is 6.43. The van der Waals surface area contributed by atoms with Crippen LogP contribution in [0.5, 0.6) is 5.75 Å². The van der Waals surface area contributed by atoms with E-state index in [9.17, 15) is 9.59 Å². The highest BCUT2D eigenvalue weighted by Gasteiger charge is 2.19. The van der Waals surface area contributed by atoms with Gasteiger partial charge >= 0.3 is 5.97 Å². The summed E-state index contributed by atoms with van der Waals surface area (Å²) in [6.07, 6.45) is -0.177. The highest BCUT2D eigenvalue weighted by molar-refractivity contribution is 5.96. The van der Waals surface area contributed by atoms with Crippen molar-refractivity contribution in [1.29, 1.82) is 0 Å². The number of benzene rings is 2. The average molecular weight is 369 g/mol. The van der Waals surface area contributed by atoms with E-state index in [2.05, 4.69) is 5.32 Å². The fourth-order valence-electron chi connectivity index (χ4n) is 2.79. The molecule has 1 amide bonds. The number of carbonyl (C=O) groups excluding carboxylic acids is 2. The molecule has 0 aliphatic heterocycles. The van der Waals surface area contributed by atoms with E-state index in [4.69, 9.17) is 9.47 Å². The van der Waals surface area contributed by atoms with E-state index in [0.29, 0.717) is 13.0 Å². The Labute approximate surface area is 160 Å². The molecule has 0 fully saturated rings. The summed E-state index contributed by atoms with van der Waals surface area (Å²) in [6, 6.07) is 13.4. The molecular weight excluding hydrogens is 342 g/mol. The lowest BCUT2D eigenvalue weighted by molar-refractivity contribution is -0.153. The largest absolute Gasteiger partial charge is 0.494 e. The predicted octanol–water partition coefficient (Wildman–Crippen LogP) is 4.21. The minimum Gasteiger partial charge on any atom is -0.494 e. The number of para-hydroxylation sites is 2. The van der Waals surface area contributed by atoms with Gasteiger partial charge in [0.1, 0.15) is 5.75 Å². The number of hydrogen-bond acceptors (Lipinski definition) is 4. The molecule has 0 heterocycles. The van der Waals surface area contributed by atoms with E-state index >= 15 is 0 Å². The Balaban J connectivity index is 1.89. The van der Waals surface area contributed by atoms with E-state index in [-0.39, 0.29) is 12.3 Å². The topological polar surface area (TPSA) is 64.6 Å². The molecule has 0 aliphatic carbocycles. The molecule has 0 radical (unpaired) electrons. The van der Waals surface area contributed by atoms with Crippen LogP contribution in [0.1, 0.15) is 37.0 Å². The van der Waals surface area contributed by atoms with Crippen molar-refractivity contribution in [2.24, 2.45) is 0 Å². The number of hydrogen-bond donors (Lipinski definition) is 1. The molecule has 1 atom stereocenters. The maximum Gasteiger partial charge on any atom is 0.306 e. The lowest BCUT2D eigenvalue weighted by Crippen LogP contribution is -2.30. The van der Waals surface area contributed by atoms with Gasteiger partial charge in [-0.15, -0.1) is 0 Å². The standard InChI is InChI=1S/C22H27NO4/c1-5-26-19-12-7-6-11-18(19)13-14-20(24)27-17(4)22(25)23-21-15(2)9-8-10-16(21)3/h6-12,17H,5,13-14H2,1-4H3,(H,23,25)/t17-/m1/s1. The summed E-state index contributed by atoms with van der Waals surface area (Å²) in [5.41, 5.74) is 3.64. The molecular formula is C22H27NO4. The number of ether oxygens (including phenoxy) is 2. The van der Waals surface area contributed by atoms with Gasteiger partial charge < -0.3 is 14.8 Å². The molecule has 2 aromatic rings. The third-order valence-corrected chi connectivity index (χ3v) is 4.28. The second-order valence-electron chi connectivity index (χ2n) is 6.43. The molecule has 0 aliphatic rings. The normalized spacial score (nSPS) is 11.6. The number of aryl methyl sites for hydroxylation is 3. The third-order valence-electron chi connectivity index (χ3n) is 4.28. The first kappa shape index (κ1) is 20.5. The molecule has 0 bridgehead atoms. The highest BCUT2D eigenvalue weighted by atomic mass is 16.5. The average Bonchev–Trinajstić information content (AvgIpc) is 2.64. The Morgan fingerprint density at radius 2 is 1.70 bits per heavy atom. The molecule has 5 heteroatoms. The van der Waals surface area contributed by atoms with Crippen LogP contribution >= 0.6 is 0 Å². The Bertz CT molecular complexity index is 780. The van der Waals surface area contributed by atoms with Crippen LogP contribution in [0.15, 0.2) is 42.5 Å². The first-order valence-electron chi connectivity index (χ1n) is 9.19. The maximum atomic E-state index is 12.4. The summed E-state index contributed by atoms with van der Waals surface area (Å²) in [7, 11) is 0. The molecule has 0 saturated heterocycles. The summed E-state index contributed by atoms with van der Waals surface area (Å²) in [5.74, 6) is 0.0227. The van der Waals surface area contributed by atoms with Crippen LogP contribution in [0.2, 0.25) is 0 Å². The summed E-state index contributed by atoms with van der Waals surface area (Å²) in [5, 5.41) is 2.85. The molecule has 0 saturated carbocycles. The quantitative estimate of drug-likeness (QED) is 0.708. The lowest BCUT2D eigenvalue weighted by Gasteiger charge is -2.16. The number of esters is 1. The van der Waals surface area contributed by atoms with E-state index in [1.807, 2.05) is 63.2 Å². The van der Waals surface area contributed by atoms with Crippen LogP contribution in [-0.2, 0) is 20.7 Å². The first-order valence-corrected chi connectivity index (χ1v) is 9.19. The monoisotopic (exact) mass is 369 g/mol. The van der Waals surface area contributed by atoms with Crippen LogP contribution in [0, 0.1) is 13.8 Å². The van der Waals surface area contributed by atoms with Gasteiger partial charge in [0.15, 0.2) is 6.10 Å². The SMILES string of the molecule is CCOc1ccccc1CCC(=O)O[C@H](C)C(=O)Nc1c(C)cccc1C. The molecule has 144 valence electrons. The summed E-state index contributed by atoms with van der Waals surface area (Å²) in [4.78, 5) is 24.5. The zero-order chi connectivity index (χ0) is 19.8. The van der Waals surface area contributed by atoms with Gasteiger partial charge in [-0.05, 0) is 56.9 Å². The number of amides is 1. The number of carbonyl (C=O) groups is 2. The number of nitrogens with one attached hydrogen (secondary N) is 1. The van der Waals surface area contributed by atoms with E-state index in [1.165, 1.54) is 0 Å². The van der Waals surface area contributed by atoms with Crippen molar-refractivity contribution in [3.63, 3.8) is 0 Å². The molecule has 0 aromatic heterocycles. The van der Waals surface area contributed by atoms with E-state index in [0.717, 1.165) is 28.1 Å². The van der Waals surface area contributed by atoms with Crippen molar-refractivity contribution in [2.45, 2.75) is 46.6 Å². The van der Waals surface area contributed by atoms with Crippen molar-refractivity contribution < 1.29 is 19.1 Å². The fourth-order valence-corrected chi connectivity index (χ4v) is 2.79. The molecule has 2 rings (SSSR count). The van der Waals surface area contributed by atoms with Gasteiger partial charge in [0.05, 0.1) is 6.61 Å². The second kappa shape index (κ2) is 9.76. The summed E-state index contributed by atoms with van der Waals surface area (Å²) in [6.45, 7) is 7.91. The molecule has 2 aromatic carbocycles. The van der Waals surface area contributed by atoms with Crippen LogP contribution in [0.25, 0.3) is 0 Å². The molecule has 1 N–H and O–H groups in total. The minimum absolute atomic E-state index is 0.186. The number of rotatable bonds is 8. The highest BCUT2D eigenvalue weighted by Crippen LogP contribution is 2.21. The molecule has 27 heavy (non-hydrogen) atoms.